The van der Waals surface area contributed by atoms with E-state index in [1.165, 1.54) is 4.90 Å². The van der Waals surface area contributed by atoms with Gasteiger partial charge in [-0.15, -0.1) is 0 Å². The number of hydrogen-bond donors (Lipinski definition) is 2. The van der Waals surface area contributed by atoms with Crippen LogP contribution in [0.25, 0.3) is 0 Å². The van der Waals surface area contributed by atoms with E-state index in [0.29, 0.717) is 42.1 Å². The number of carbonyl (C=O) groups is 3. The van der Waals surface area contributed by atoms with Gasteiger partial charge in [0.1, 0.15) is 18.4 Å². The van der Waals surface area contributed by atoms with Crippen LogP contribution >= 0.6 is 28.1 Å². The summed E-state index contributed by atoms with van der Waals surface area (Å²) in [6, 6.07) is 4.03. The Balaban J connectivity index is 2.04. The van der Waals surface area contributed by atoms with Crippen LogP contribution in [0.4, 0.5) is 0 Å². The van der Waals surface area contributed by atoms with Crippen LogP contribution < -0.4 is 15.4 Å². The summed E-state index contributed by atoms with van der Waals surface area (Å²) in [5.41, 5.74) is 0.353. The molecule has 11 heteroatoms. The van der Waals surface area contributed by atoms with Crippen molar-refractivity contribution in [3.8, 4) is 5.75 Å². The van der Waals surface area contributed by atoms with E-state index in [9.17, 15) is 14.4 Å². The molecule has 9 nitrogen and oxygen atoms in total. The fourth-order valence-corrected chi connectivity index (χ4v) is 3.58. The molecule has 0 spiro atoms. The van der Waals surface area contributed by atoms with Gasteiger partial charge in [0, 0.05) is 25.8 Å². The van der Waals surface area contributed by atoms with E-state index < -0.39 is 17.9 Å². The average molecular weight is 502 g/mol. The number of esters is 1. The molecule has 0 bridgehead atoms. The molecule has 2 rings (SSSR count). The normalized spacial score (nSPS) is 15.9. The number of piperazine rings is 1. The summed E-state index contributed by atoms with van der Waals surface area (Å²) in [7, 11) is 1.58. The molecule has 1 fully saturated rings. The Morgan fingerprint density at radius 3 is 2.80 bits per heavy atom. The molecule has 0 aromatic heterocycles. The number of hydrogen-bond acceptors (Lipinski definition) is 7. The Morgan fingerprint density at radius 2 is 2.13 bits per heavy atom. The van der Waals surface area contributed by atoms with Crippen molar-refractivity contribution in [3.63, 3.8) is 0 Å². The van der Waals surface area contributed by atoms with Crippen LogP contribution in [-0.4, -0.2) is 73.9 Å². The maximum Gasteiger partial charge on any atom is 0.308 e. The van der Waals surface area contributed by atoms with Crippen LogP contribution in [0.3, 0.4) is 0 Å². The highest BCUT2D eigenvalue weighted by Crippen LogP contribution is 2.26. The van der Waals surface area contributed by atoms with Crippen molar-refractivity contribution in [2.75, 3.05) is 40.0 Å². The number of nitrogens with zero attached hydrogens (tertiary/aromatic N) is 1. The minimum atomic E-state index is -0.839. The van der Waals surface area contributed by atoms with Gasteiger partial charge in [0.25, 0.3) is 5.91 Å². The van der Waals surface area contributed by atoms with Crippen LogP contribution in [0.5, 0.6) is 5.75 Å². The predicted octanol–water partition coefficient (Wildman–Crippen LogP) is 1.24. The number of amides is 2. The molecule has 1 aliphatic heterocycles. The number of ether oxygens (including phenoxy) is 3. The van der Waals surface area contributed by atoms with Crippen molar-refractivity contribution >= 4 is 51.0 Å². The lowest BCUT2D eigenvalue weighted by atomic mass is 10.1. The van der Waals surface area contributed by atoms with Gasteiger partial charge in [-0.2, -0.15) is 0 Å². The van der Waals surface area contributed by atoms with Crippen molar-refractivity contribution in [3.05, 3.63) is 28.2 Å². The highest BCUT2D eigenvalue weighted by Gasteiger charge is 2.34. The van der Waals surface area contributed by atoms with Crippen molar-refractivity contribution in [1.82, 2.24) is 15.5 Å². The maximum absolute atomic E-state index is 12.6. The first-order valence-corrected chi connectivity index (χ1v) is 10.5. The van der Waals surface area contributed by atoms with E-state index in [0.717, 1.165) is 0 Å². The molecule has 1 aliphatic rings. The third-order valence-electron chi connectivity index (χ3n) is 4.22. The minimum Gasteiger partial charge on any atom is -0.490 e. The average Bonchev–Trinajstić information content (AvgIpc) is 2.70. The van der Waals surface area contributed by atoms with Crippen LogP contribution in [-0.2, 0) is 19.1 Å². The van der Waals surface area contributed by atoms with E-state index in [1.54, 1.807) is 32.2 Å². The quantitative estimate of drug-likeness (QED) is 0.311. The Labute approximate surface area is 188 Å². The summed E-state index contributed by atoms with van der Waals surface area (Å²) in [6.45, 7) is 3.45. The van der Waals surface area contributed by atoms with Crippen LogP contribution in [0, 0.1) is 0 Å². The highest BCUT2D eigenvalue weighted by atomic mass is 79.9. The van der Waals surface area contributed by atoms with Crippen molar-refractivity contribution in [2.24, 2.45) is 0 Å². The zero-order chi connectivity index (χ0) is 22.1. The fourth-order valence-electron chi connectivity index (χ4n) is 2.77. The second-order valence-corrected chi connectivity index (χ2v) is 7.50. The molecule has 2 N–H and O–H groups in total. The van der Waals surface area contributed by atoms with Crippen LogP contribution in [0.1, 0.15) is 23.7 Å². The monoisotopic (exact) mass is 501 g/mol. The van der Waals surface area contributed by atoms with Gasteiger partial charge < -0.3 is 24.4 Å². The Morgan fingerprint density at radius 1 is 1.37 bits per heavy atom. The van der Waals surface area contributed by atoms with Gasteiger partial charge in [-0.3, -0.25) is 19.7 Å². The van der Waals surface area contributed by atoms with Crippen molar-refractivity contribution in [1.29, 1.82) is 0 Å². The number of halogens is 1. The number of rotatable bonds is 8. The second-order valence-electron chi connectivity index (χ2n) is 6.26. The standard InChI is InChI=1S/C19H24BrN3O6S/c1-3-28-16(24)11-14-18(26)21-6-7-23(14)19(30)22-17(25)12-4-5-15(13(20)10-12)29-9-8-27-2/h4-5,10,14H,3,6-9,11H2,1-2H3,(H,21,26)(H,22,25,30). The molecule has 2 amide bonds. The first-order valence-electron chi connectivity index (χ1n) is 9.34. The van der Waals surface area contributed by atoms with E-state index in [1.807, 2.05) is 0 Å². The molecule has 1 aromatic rings. The lowest BCUT2D eigenvalue weighted by Gasteiger charge is -2.36. The topological polar surface area (TPSA) is 106 Å². The summed E-state index contributed by atoms with van der Waals surface area (Å²) in [5.74, 6) is -0.712. The number of methoxy groups -OCH3 is 1. The Hall–Kier alpha value is -2.24. The summed E-state index contributed by atoms with van der Waals surface area (Å²) < 4.78 is 16.0. The van der Waals surface area contributed by atoms with Crippen molar-refractivity contribution in [2.45, 2.75) is 19.4 Å². The zero-order valence-corrected chi connectivity index (χ0v) is 19.1. The lowest BCUT2D eigenvalue weighted by molar-refractivity contribution is -0.147. The molecule has 30 heavy (non-hydrogen) atoms. The van der Waals surface area contributed by atoms with E-state index in [4.69, 9.17) is 26.4 Å². The van der Waals surface area contributed by atoms with Gasteiger partial charge in [0.05, 0.1) is 24.1 Å². The smallest absolute Gasteiger partial charge is 0.308 e. The molecular formula is C19H24BrN3O6S. The summed E-state index contributed by atoms with van der Waals surface area (Å²) in [5, 5.41) is 5.39. The highest BCUT2D eigenvalue weighted by molar-refractivity contribution is 9.10. The summed E-state index contributed by atoms with van der Waals surface area (Å²) >= 11 is 8.71. The molecule has 1 heterocycles. The third kappa shape index (κ3) is 6.64. The molecule has 0 radical (unpaired) electrons. The molecule has 1 unspecified atom stereocenters. The predicted molar refractivity (Wildman–Crippen MR) is 116 cm³/mol. The maximum atomic E-state index is 12.6. The van der Waals surface area contributed by atoms with E-state index in [-0.39, 0.29) is 24.0 Å². The van der Waals surface area contributed by atoms with E-state index in [2.05, 4.69) is 26.6 Å². The molecule has 0 aliphatic carbocycles. The SMILES string of the molecule is CCOC(=O)CC1C(=O)NCCN1C(=S)NC(=O)c1ccc(OCCOC)c(Br)c1. The first kappa shape index (κ1) is 24.0. The second kappa shape index (κ2) is 11.8. The third-order valence-corrected chi connectivity index (χ3v) is 5.17. The van der Waals surface area contributed by atoms with Gasteiger partial charge in [-0.05, 0) is 53.3 Å². The van der Waals surface area contributed by atoms with Gasteiger partial charge in [-0.25, -0.2) is 0 Å². The van der Waals surface area contributed by atoms with Crippen molar-refractivity contribution < 1.29 is 28.6 Å². The minimum absolute atomic E-state index is 0.0701. The molecule has 1 atom stereocenters. The molecule has 1 aromatic carbocycles. The van der Waals surface area contributed by atoms with E-state index >= 15 is 0 Å². The van der Waals surface area contributed by atoms with Gasteiger partial charge in [0.2, 0.25) is 5.91 Å². The number of thiocarbonyl (C=S) groups is 1. The van der Waals surface area contributed by atoms with Gasteiger partial charge in [0.15, 0.2) is 5.11 Å². The Kier molecular flexibility index (Phi) is 9.47. The summed E-state index contributed by atoms with van der Waals surface area (Å²) in [4.78, 5) is 38.2. The lowest BCUT2D eigenvalue weighted by Crippen LogP contribution is -2.60. The number of benzene rings is 1. The summed E-state index contributed by atoms with van der Waals surface area (Å²) in [6.07, 6.45) is -0.158. The number of carbonyl (C=O) groups excluding carboxylic acids is 3. The molecular weight excluding hydrogens is 478 g/mol. The van der Waals surface area contributed by atoms with Crippen LogP contribution in [0.15, 0.2) is 22.7 Å². The first-order chi connectivity index (χ1) is 14.4. The number of nitrogens with one attached hydrogen (secondary N) is 2. The van der Waals surface area contributed by atoms with Crippen LogP contribution in [0.2, 0.25) is 0 Å². The van der Waals surface area contributed by atoms with Gasteiger partial charge >= 0.3 is 5.97 Å². The largest absolute Gasteiger partial charge is 0.490 e. The molecule has 164 valence electrons. The fraction of sp³-hybridized carbons (Fsp3) is 0.474. The Bertz CT molecular complexity index is 806. The van der Waals surface area contributed by atoms with Gasteiger partial charge in [-0.1, -0.05) is 0 Å². The molecule has 1 saturated heterocycles. The zero-order valence-electron chi connectivity index (χ0n) is 16.7. The molecule has 0 saturated carbocycles.